The fourth-order valence-corrected chi connectivity index (χ4v) is 6.47. The van der Waals surface area contributed by atoms with E-state index in [9.17, 15) is 4.79 Å². The van der Waals surface area contributed by atoms with Crippen LogP contribution in [0.3, 0.4) is 0 Å². The van der Waals surface area contributed by atoms with Gasteiger partial charge in [0.25, 0.3) is 0 Å². The molecule has 0 saturated carbocycles. The molecule has 8 nitrogen and oxygen atoms in total. The molecular weight excluding hydrogens is 448 g/mol. The van der Waals surface area contributed by atoms with E-state index < -0.39 is 5.97 Å². The molecule has 1 aromatic carbocycles. The molecule has 6 rings (SSSR count). The molecule has 35 heavy (non-hydrogen) atoms. The number of pyridine rings is 1. The monoisotopic (exact) mass is 478 g/mol. The molecule has 0 amide bonds. The number of carbonyl (C=O) groups is 1. The van der Waals surface area contributed by atoms with Crippen LogP contribution < -0.4 is 14.2 Å². The maximum absolute atomic E-state index is 12.0. The lowest BCUT2D eigenvalue weighted by Gasteiger charge is -2.56. The van der Waals surface area contributed by atoms with Crippen LogP contribution in [0.25, 0.3) is 0 Å². The smallest absolute Gasteiger partial charge is 0.339 e. The van der Waals surface area contributed by atoms with Crippen LogP contribution in [0.4, 0.5) is 0 Å². The van der Waals surface area contributed by atoms with Gasteiger partial charge in [-0.25, -0.2) is 9.78 Å². The molecule has 8 heteroatoms. The van der Waals surface area contributed by atoms with E-state index in [1.807, 2.05) is 6.07 Å². The molecule has 4 aliphatic rings. The van der Waals surface area contributed by atoms with Gasteiger partial charge in [-0.3, -0.25) is 0 Å². The topological polar surface area (TPSA) is 79.4 Å². The molecule has 5 atom stereocenters. The van der Waals surface area contributed by atoms with Gasteiger partial charge >= 0.3 is 5.97 Å². The summed E-state index contributed by atoms with van der Waals surface area (Å²) in [7, 11) is 3.83. The average Bonchev–Trinajstić information content (AvgIpc) is 3.22. The molecule has 0 radical (unpaired) electrons. The van der Waals surface area contributed by atoms with E-state index >= 15 is 0 Å². The lowest BCUT2D eigenvalue weighted by Crippen LogP contribution is -2.65. The number of aromatic nitrogens is 1. The van der Waals surface area contributed by atoms with Gasteiger partial charge in [-0.2, -0.15) is 0 Å². The number of hydrogen-bond donors (Lipinski definition) is 0. The summed E-state index contributed by atoms with van der Waals surface area (Å²) in [4.78, 5) is 18.8. The summed E-state index contributed by atoms with van der Waals surface area (Å²) in [6, 6.07) is 7.99. The first-order chi connectivity index (χ1) is 17.1. The van der Waals surface area contributed by atoms with E-state index in [1.165, 1.54) is 17.3 Å². The van der Waals surface area contributed by atoms with Gasteiger partial charge in [0, 0.05) is 42.3 Å². The minimum absolute atomic E-state index is 0.163. The molecule has 184 valence electrons. The average molecular weight is 479 g/mol. The van der Waals surface area contributed by atoms with Crippen LogP contribution >= 0.6 is 0 Å². The van der Waals surface area contributed by atoms with Crippen molar-refractivity contribution in [3.8, 4) is 17.4 Å². The number of likely N-dealkylation sites (tertiary alicyclic amines) is 1. The van der Waals surface area contributed by atoms with Crippen molar-refractivity contribution in [2.75, 3.05) is 34.1 Å². The van der Waals surface area contributed by atoms with Crippen molar-refractivity contribution in [3.05, 3.63) is 59.3 Å². The van der Waals surface area contributed by atoms with E-state index in [2.05, 4.69) is 35.1 Å². The highest BCUT2D eigenvalue weighted by Gasteiger charge is 2.65. The Morgan fingerprint density at radius 3 is 2.91 bits per heavy atom. The quantitative estimate of drug-likeness (QED) is 0.341. The standard InChI is InChI=1S/C27H30N2O6/c1-4-32-26(30)17-6-10-22(28-14-17)34-21-9-7-18-19-13-16-5-8-20(33-15-31-3)24-23(16)27(18,25(21)35-24)11-12-29(19)2/h5-10,14,18-19,21,25H,4,11-13,15H2,1-3H3/t18-,19+,21?,25?,27-/m0/s1. The minimum Gasteiger partial charge on any atom is -0.481 e. The molecule has 1 fully saturated rings. The zero-order chi connectivity index (χ0) is 24.2. The van der Waals surface area contributed by atoms with Crippen molar-refractivity contribution in [3.63, 3.8) is 0 Å². The number of ether oxygens (including phenoxy) is 5. The second-order valence-electron chi connectivity index (χ2n) is 9.66. The molecule has 2 bridgehead atoms. The molecule has 1 aromatic heterocycles. The summed E-state index contributed by atoms with van der Waals surface area (Å²) in [5.41, 5.74) is 2.81. The number of rotatable bonds is 7. The fraction of sp³-hybridized carbons (Fsp3) is 0.481. The lowest BCUT2D eigenvalue weighted by molar-refractivity contribution is -0.0396. The van der Waals surface area contributed by atoms with Crippen molar-refractivity contribution >= 4 is 5.97 Å². The van der Waals surface area contributed by atoms with Gasteiger partial charge in [0.05, 0.1) is 12.2 Å². The first-order valence-corrected chi connectivity index (χ1v) is 12.2. The van der Waals surface area contributed by atoms with Gasteiger partial charge in [0.15, 0.2) is 24.4 Å². The molecule has 2 aliphatic heterocycles. The first-order valence-electron chi connectivity index (χ1n) is 12.2. The van der Waals surface area contributed by atoms with E-state index in [4.69, 9.17) is 23.7 Å². The first kappa shape index (κ1) is 22.4. The molecule has 1 spiro atoms. The SMILES string of the molecule is CCOC(=O)c1ccc(OC2C=C[C@H]3[C@H]4Cc5ccc(OCOC)c6c5[C@@]3(CCN4C)C2O6)nc1. The van der Waals surface area contributed by atoms with Crippen LogP contribution in [0.5, 0.6) is 17.4 Å². The van der Waals surface area contributed by atoms with Gasteiger partial charge in [-0.15, -0.1) is 0 Å². The van der Waals surface area contributed by atoms with Crippen LogP contribution in [0.1, 0.15) is 34.8 Å². The Morgan fingerprint density at radius 1 is 1.26 bits per heavy atom. The number of likely N-dealkylation sites (N-methyl/N-ethyl adjacent to an activating group) is 1. The Balaban J connectivity index is 1.36. The van der Waals surface area contributed by atoms with Crippen molar-refractivity contribution in [2.45, 2.75) is 43.4 Å². The van der Waals surface area contributed by atoms with Gasteiger partial charge in [0.2, 0.25) is 5.88 Å². The van der Waals surface area contributed by atoms with Crippen LogP contribution in [0.15, 0.2) is 42.6 Å². The van der Waals surface area contributed by atoms with E-state index in [0.29, 0.717) is 35.8 Å². The van der Waals surface area contributed by atoms with E-state index in [1.54, 1.807) is 26.2 Å². The highest BCUT2D eigenvalue weighted by molar-refractivity contribution is 5.89. The van der Waals surface area contributed by atoms with Gasteiger partial charge in [0.1, 0.15) is 6.10 Å². The van der Waals surface area contributed by atoms with Crippen molar-refractivity contribution in [1.29, 1.82) is 0 Å². The Morgan fingerprint density at radius 2 is 2.14 bits per heavy atom. The Labute approximate surface area is 204 Å². The second-order valence-corrected chi connectivity index (χ2v) is 9.66. The van der Waals surface area contributed by atoms with Crippen LogP contribution in [0, 0.1) is 5.92 Å². The van der Waals surface area contributed by atoms with Gasteiger partial charge in [-0.1, -0.05) is 12.1 Å². The molecule has 0 N–H and O–H groups in total. The number of carbonyl (C=O) groups excluding carboxylic acids is 1. The summed E-state index contributed by atoms with van der Waals surface area (Å²) in [6.45, 7) is 3.26. The summed E-state index contributed by atoms with van der Waals surface area (Å²) >= 11 is 0. The third-order valence-electron chi connectivity index (χ3n) is 7.95. The highest BCUT2D eigenvalue weighted by atomic mass is 16.7. The number of piperidine rings is 1. The molecular formula is C27H30N2O6. The van der Waals surface area contributed by atoms with E-state index in [0.717, 1.165) is 25.1 Å². The molecule has 1 saturated heterocycles. The molecule has 2 aromatic rings. The molecule has 2 unspecified atom stereocenters. The summed E-state index contributed by atoms with van der Waals surface area (Å²) in [5, 5.41) is 0. The normalized spacial score (nSPS) is 29.8. The zero-order valence-corrected chi connectivity index (χ0v) is 20.2. The predicted octanol–water partition coefficient (Wildman–Crippen LogP) is 3.13. The van der Waals surface area contributed by atoms with Crippen LogP contribution in [-0.4, -0.2) is 68.2 Å². The number of nitrogens with zero attached hydrogens (tertiary/aromatic N) is 2. The number of esters is 1. The summed E-state index contributed by atoms with van der Waals surface area (Å²) in [6.07, 6.45) is 7.35. The van der Waals surface area contributed by atoms with E-state index in [-0.39, 0.29) is 24.4 Å². The number of benzene rings is 1. The predicted molar refractivity (Wildman–Crippen MR) is 127 cm³/mol. The van der Waals surface area contributed by atoms with Gasteiger partial charge in [-0.05, 0) is 57.1 Å². The van der Waals surface area contributed by atoms with Gasteiger partial charge < -0.3 is 28.6 Å². The third-order valence-corrected chi connectivity index (χ3v) is 7.95. The Bertz CT molecular complexity index is 1170. The Kier molecular flexibility index (Phi) is 5.45. The molecule has 3 heterocycles. The maximum Gasteiger partial charge on any atom is 0.339 e. The zero-order valence-electron chi connectivity index (χ0n) is 20.2. The van der Waals surface area contributed by atoms with Crippen LogP contribution in [-0.2, 0) is 21.3 Å². The highest BCUT2D eigenvalue weighted by Crippen LogP contribution is 2.62. The van der Waals surface area contributed by atoms with Crippen LogP contribution in [0.2, 0.25) is 0 Å². The summed E-state index contributed by atoms with van der Waals surface area (Å²) in [5.74, 6) is 1.91. The maximum atomic E-state index is 12.0. The lowest BCUT2D eigenvalue weighted by atomic mass is 9.53. The number of methoxy groups -OCH3 is 1. The second kappa shape index (κ2) is 8.53. The van der Waals surface area contributed by atoms with Crippen molar-refractivity contribution < 1.29 is 28.5 Å². The molecule has 2 aliphatic carbocycles. The summed E-state index contributed by atoms with van der Waals surface area (Å²) < 4.78 is 29.3. The van der Waals surface area contributed by atoms with Crippen molar-refractivity contribution in [1.82, 2.24) is 9.88 Å². The number of hydrogen-bond acceptors (Lipinski definition) is 8. The third kappa shape index (κ3) is 3.34. The Hall–Kier alpha value is -3.10. The minimum atomic E-state index is -0.392. The van der Waals surface area contributed by atoms with Crippen molar-refractivity contribution in [2.24, 2.45) is 5.92 Å². The fourth-order valence-electron chi connectivity index (χ4n) is 6.47. The largest absolute Gasteiger partial charge is 0.481 e.